The van der Waals surface area contributed by atoms with Crippen molar-refractivity contribution in [3.05, 3.63) is 181 Å². The van der Waals surface area contributed by atoms with E-state index in [1.807, 2.05) is 0 Å². The van der Waals surface area contributed by atoms with Crippen LogP contribution in [0.3, 0.4) is 0 Å². The molecule has 2 fully saturated rings. The summed E-state index contributed by atoms with van der Waals surface area (Å²) in [5.74, 6) is 3.47. The minimum Gasteiger partial charge on any atom is -0.310 e. The van der Waals surface area contributed by atoms with Gasteiger partial charge in [-0.05, 0) is 126 Å². The fourth-order valence-electron chi connectivity index (χ4n) is 11.5. The van der Waals surface area contributed by atoms with Crippen molar-refractivity contribution in [3.63, 3.8) is 0 Å². The number of benzene rings is 7. The van der Waals surface area contributed by atoms with E-state index in [4.69, 9.17) is 0 Å². The van der Waals surface area contributed by atoms with E-state index in [2.05, 4.69) is 179 Å². The third-order valence-corrected chi connectivity index (χ3v) is 13.6. The summed E-state index contributed by atoms with van der Waals surface area (Å²) < 4.78 is 2.44. The van der Waals surface area contributed by atoms with E-state index in [1.54, 1.807) is 5.57 Å². The lowest BCUT2D eigenvalue weighted by atomic mass is 9.60. The minimum absolute atomic E-state index is 0.233. The van der Waals surface area contributed by atoms with Gasteiger partial charge >= 0.3 is 0 Å². The summed E-state index contributed by atoms with van der Waals surface area (Å²) in [5, 5.41) is 5.09. The maximum atomic E-state index is 2.71. The van der Waals surface area contributed by atoms with Gasteiger partial charge in [0.1, 0.15) is 0 Å². The van der Waals surface area contributed by atoms with Crippen molar-refractivity contribution in [2.75, 3.05) is 4.90 Å². The van der Waals surface area contributed by atoms with Crippen molar-refractivity contribution < 1.29 is 0 Å². The third kappa shape index (κ3) is 4.27. The molecule has 12 rings (SSSR count). The molecule has 2 bridgehead atoms. The van der Waals surface area contributed by atoms with Gasteiger partial charge in [0, 0.05) is 38.8 Å². The van der Waals surface area contributed by atoms with Crippen LogP contribution in [0.4, 0.5) is 17.1 Å². The van der Waals surface area contributed by atoms with Gasteiger partial charge in [0.2, 0.25) is 0 Å². The van der Waals surface area contributed by atoms with Crippen LogP contribution in [0.15, 0.2) is 175 Å². The Morgan fingerprint density at radius 2 is 1.23 bits per heavy atom. The van der Waals surface area contributed by atoms with E-state index < -0.39 is 0 Å². The number of anilines is 3. The Morgan fingerprint density at radius 3 is 2.06 bits per heavy atom. The molecule has 0 spiro atoms. The second kappa shape index (κ2) is 11.1. The van der Waals surface area contributed by atoms with Gasteiger partial charge in [-0.1, -0.05) is 121 Å². The monoisotopic (exact) mass is 680 g/mol. The Balaban J connectivity index is 0.985. The molecule has 0 N–H and O–H groups in total. The predicted molar refractivity (Wildman–Crippen MR) is 221 cm³/mol. The zero-order valence-electron chi connectivity index (χ0n) is 29.7. The lowest BCUT2D eigenvalue weighted by Gasteiger charge is -2.44. The summed E-state index contributed by atoms with van der Waals surface area (Å²) in [6.45, 7) is 0. The van der Waals surface area contributed by atoms with Gasteiger partial charge < -0.3 is 9.47 Å². The van der Waals surface area contributed by atoms with Crippen molar-refractivity contribution in [1.29, 1.82) is 0 Å². The number of hydrogen-bond acceptors (Lipinski definition) is 1. The predicted octanol–water partition coefficient (Wildman–Crippen LogP) is 13.3. The normalized spacial score (nSPS) is 23.7. The van der Waals surface area contributed by atoms with Gasteiger partial charge in [-0.25, -0.2) is 0 Å². The molecular weight excluding hydrogens is 641 g/mol. The summed E-state index contributed by atoms with van der Waals surface area (Å²) in [6, 6.07) is 61.0. The molecule has 0 saturated heterocycles. The molecule has 254 valence electrons. The molecule has 2 saturated carbocycles. The Kier molecular flexibility index (Phi) is 6.20. The van der Waals surface area contributed by atoms with E-state index in [0.717, 1.165) is 23.7 Å². The molecule has 0 amide bonds. The number of para-hydroxylation sites is 3. The summed E-state index contributed by atoms with van der Waals surface area (Å²) in [5.41, 5.74) is 13.2. The van der Waals surface area contributed by atoms with Crippen molar-refractivity contribution in [2.24, 2.45) is 23.7 Å². The van der Waals surface area contributed by atoms with Crippen molar-refractivity contribution in [2.45, 2.75) is 31.1 Å². The summed E-state index contributed by atoms with van der Waals surface area (Å²) in [7, 11) is 0. The summed E-state index contributed by atoms with van der Waals surface area (Å²) in [6.07, 6.45) is 8.24. The molecule has 7 aromatic carbocycles. The highest BCUT2D eigenvalue weighted by Gasteiger charge is 2.63. The first kappa shape index (κ1) is 29.7. The van der Waals surface area contributed by atoms with Crippen molar-refractivity contribution in [1.82, 2.24) is 4.57 Å². The van der Waals surface area contributed by atoms with E-state index in [1.165, 1.54) is 97.7 Å². The first-order chi connectivity index (χ1) is 26.2. The maximum absolute atomic E-state index is 2.71. The van der Waals surface area contributed by atoms with Gasteiger partial charge in [0.05, 0.1) is 16.7 Å². The average Bonchev–Trinajstić information content (AvgIpc) is 3.80. The van der Waals surface area contributed by atoms with Crippen LogP contribution in [0.5, 0.6) is 0 Å². The number of rotatable bonds is 6. The molecule has 2 nitrogen and oxygen atoms in total. The van der Waals surface area contributed by atoms with Gasteiger partial charge in [-0.15, -0.1) is 0 Å². The molecule has 0 radical (unpaired) electrons. The highest BCUT2D eigenvalue weighted by molar-refractivity contribution is 6.09. The van der Waals surface area contributed by atoms with E-state index >= 15 is 0 Å². The fraction of sp³-hybridized carbons (Fsp3) is 0.176. The molecule has 1 heterocycles. The SMILES string of the molecule is C1=C2C3C4C[C@H]1CC2(c1cccc(N(c2ccc(-c5ccccc5-n5c6ccccc6c6ccccc65)cc2)c2ccc5ccccc5c2)c1)C[C@@H]3C4. The highest BCUT2D eigenvalue weighted by Crippen LogP contribution is 2.71. The van der Waals surface area contributed by atoms with Crippen LogP contribution < -0.4 is 4.90 Å². The lowest BCUT2D eigenvalue weighted by Crippen LogP contribution is -2.36. The third-order valence-electron chi connectivity index (χ3n) is 13.6. The zero-order chi connectivity index (χ0) is 34.7. The van der Waals surface area contributed by atoms with E-state index in [9.17, 15) is 0 Å². The van der Waals surface area contributed by atoms with E-state index in [0.29, 0.717) is 0 Å². The fourth-order valence-corrected chi connectivity index (χ4v) is 11.5. The van der Waals surface area contributed by atoms with Crippen LogP contribution >= 0.6 is 0 Å². The number of aromatic nitrogens is 1. The first-order valence-electron chi connectivity index (χ1n) is 19.5. The van der Waals surface area contributed by atoms with Crippen LogP contribution in [0.1, 0.15) is 31.2 Å². The Bertz CT molecular complexity index is 2730. The smallest absolute Gasteiger partial charge is 0.0541 e. The molecular formula is C51H40N2. The topological polar surface area (TPSA) is 8.17 Å². The van der Waals surface area contributed by atoms with Crippen LogP contribution in [0.25, 0.3) is 49.4 Å². The average molecular weight is 681 g/mol. The molecule has 4 aliphatic carbocycles. The van der Waals surface area contributed by atoms with E-state index in [-0.39, 0.29) is 5.41 Å². The lowest BCUT2D eigenvalue weighted by molar-refractivity contribution is 0.0863. The van der Waals surface area contributed by atoms with Gasteiger partial charge in [-0.2, -0.15) is 0 Å². The molecule has 5 atom stereocenters. The zero-order valence-corrected chi connectivity index (χ0v) is 29.7. The molecule has 4 aliphatic rings. The van der Waals surface area contributed by atoms with Crippen LogP contribution in [0, 0.1) is 23.7 Å². The molecule has 2 heteroatoms. The van der Waals surface area contributed by atoms with Crippen LogP contribution in [0.2, 0.25) is 0 Å². The quantitative estimate of drug-likeness (QED) is 0.159. The number of fused-ring (bicyclic) bond motifs is 5. The van der Waals surface area contributed by atoms with Crippen molar-refractivity contribution in [3.8, 4) is 16.8 Å². The number of allylic oxidation sites excluding steroid dienone is 2. The largest absolute Gasteiger partial charge is 0.310 e. The van der Waals surface area contributed by atoms with Gasteiger partial charge in [-0.3, -0.25) is 0 Å². The Morgan fingerprint density at radius 1 is 0.528 bits per heavy atom. The van der Waals surface area contributed by atoms with Crippen LogP contribution in [-0.2, 0) is 5.41 Å². The molecule has 8 aromatic rings. The second-order valence-corrected chi connectivity index (χ2v) is 16.2. The summed E-state index contributed by atoms with van der Waals surface area (Å²) >= 11 is 0. The number of hydrogen-bond donors (Lipinski definition) is 0. The second-order valence-electron chi connectivity index (χ2n) is 16.2. The standard InChI is InChI=1S/C51H40N2/c1-2-11-36-29-42(25-20-34(36)10-1)52(41-13-9-12-39(30-41)51-31-33-26-37-28-38(32-51)50(37)46(51)27-33)40-23-21-35(22-24-40)43-14-3-6-17-47(43)53-48-18-7-4-15-44(48)45-16-5-8-19-49(45)53/h1-25,27,29-30,33,37-38,50H,26,28,31-32H2/t33-,37?,38+,50?,51?/m1/s1. The van der Waals surface area contributed by atoms with Gasteiger partial charge in [0.25, 0.3) is 0 Å². The molecule has 0 aliphatic heterocycles. The highest BCUT2D eigenvalue weighted by atomic mass is 15.1. The Hall–Kier alpha value is -5.86. The Labute approximate surface area is 310 Å². The first-order valence-corrected chi connectivity index (χ1v) is 19.5. The number of nitrogens with zero attached hydrogens (tertiary/aromatic N) is 2. The molecule has 1 aromatic heterocycles. The van der Waals surface area contributed by atoms with Crippen molar-refractivity contribution >= 4 is 49.6 Å². The van der Waals surface area contributed by atoms with Gasteiger partial charge in [0.15, 0.2) is 0 Å². The minimum atomic E-state index is 0.233. The summed E-state index contributed by atoms with van der Waals surface area (Å²) in [4.78, 5) is 2.48. The molecule has 3 unspecified atom stereocenters. The van der Waals surface area contributed by atoms with Crippen LogP contribution in [-0.4, -0.2) is 4.57 Å². The molecule has 53 heavy (non-hydrogen) atoms. The maximum Gasteiger partial charge on any atom is 0.0541 e.